The summed E-state index contributed by atoms with van der Waals surface area (Å²) in [7, 11) is 3.89. The quantitative estimate of drug-likeness (QED) is 0.776. The van der Waals surface area contributed by atoms with Gasteiger partial charge in [0.25, 0.3) is 5.91 Å². The van der Waals surface area contributed by atoms with Gasteiger partial charge in [0, 0.05) is 18.7 Å². The summed E-state index contributed by atoms with van der Waals surface area (Å²) >= 11 is 1.30. The van der Waals surface area contributed by atoms with E-state index in [1.807, 2.05) is 25.9 Å². The minimum Gasteiger partial charge on any atom is -0.478 e. The Balaban J connectivity index is 2.68. The van der Waals surface area contributed by atoms with Gasteiger partial charge < -0.3 is 15.3 Å². The molecule has 0 radical (unpaired) electrons. The van der Waals surface area contributed by atoms with Crippen molar-refractivity contribution in [3.63, 3.8) is 0 Å². The summed E-state index contributed by atoms with van der Waals surface area (Å²) in [4.78, 5) is 25.0. The van der Waals surface area contributed by atoms with Crippen LogP contribution in [0.5, 0.6) is 0 Å². The Morgan fingerprint density at radius 3 is 2.79 bits per heavy atom. The minimum absolute atomic E-state index is 0.172. The van der Waals surface area contributed by atoms with Crippen LogP contribution in [-0.2, 0) is 4.79 Å². The molecular formula is C13H18N2O3S. The van der Waals surface area contributed by atoms with E-state index in [1.165, 1.54) is 17.4 Å². The van der Waals surface area contributed by atoms with E-state index in [0.29, 0.717) is 17.0 Å². The van der Waals surface area contributed by atoms with Crippen molar-refractivity contribution in [3.8, 4) is 0 Å². The molecule has 0 aromatic carbocycles. The average Bonchev–Trinajstić information content (AvgIpc) is 2.81. The van der Waals surface area contributed by atoms with Gasteiger partial charge in [0.1, 0.15) is 0 Å². The van der Waals surface area contributed by atoms with E-state index in [4.69, 9.17) is 5.11 Å². The lowest BCUT2D eigenvalue weighted by molar-refractivity contribution is -0.131. The van der Waals surface area contributed by atoms with E-state index >= 15 is 0 Å². The third-order valence-electron chi connectivity index (χ3n) is 2.75. The second-order valence-corrected chi connectivity index (χ2v) is 5.32. The molecule has 5 nitrogen and oxygen atoms in total. The molecule has 0 saturated heterocycles. The van der Waals surface area contributed by atoms with Crippen LogP contribution in [0.4, 0.5) is 0 Å². The molecule has 0 aliphatic rings. The monoisotopic (exact) mass is 282 g/mol. The van der Waals surface area contributed by atoms with Gasteiger partial charge in [0.2, 0.25) is 0 Å². The molecule has 0 aliphatic heterocycles. The largest absolute Gasteiger partial charge is 0.478 e. The number of hydrogen-bond donors (Lipinski definition) is 2. The number of likely N-dealkylation sites (N-methyl/N-ethyl adjacent to an activating group) is 1. The van der Waals surface area contributed by atoms with Gasteiger partial charge in [-0.25, -0.2) is 4.79 Å². The van der Waals surface area contributed by atoms with Crippen molar-refractivity contribution in [2.24, 2.45) is 0 Å². The Morgan fingerprint density at radius 1 is 1.53 bits per heavy atom. The fourth-order valence-electron chi connectivity index (χ4n) is 1.30. The lowest BCUT2D eigenvalue weighted by atomic mass is 10.2. The molecule has 1 heterocycles. The number of amides is 1. The SMILES string of the molecule is CC(CNC(=O)c1sccc1C=CC(=O)O)N(C)C. The highest BCUT2D eigenvalue weighted by molar-refractivity contribution is 7.12. The molecule has 0 saturated carbocycles. The summed E-state index contributed by atoms with van der Waals surface area (Å²) < 4.78 is 0. The smallest absolute Gasteiger partial charge is 0.328 e. The summed E-state index contributed by atoms with van der Waals surface area (Å²) in [5.74, 6) is -1.20. The molecule has 1 rings (SSSR count). The maximum absolute atomic E-state index is 12.0. The summed E-state index contributed by atoms with van der Waals surface area (Å²) in [6, 6.07) is 1.97. The molecule has 1 unspecified atom stereocenters. The molecule has 1 aromatic rings. The van der Waals surface area contributed by atoms with Crippen LogP contribution in [0.3, 0.4) is 0 Å². The van der Waals surface area contributed by atoms with Crippen LogP contribution in [0.1, 0.15) is 22.2 Å². The Hall–Kier alpha value is -1.66. The van der Waals surface area contributed by atoms with Crippen LogP contribution in [0.2, 0.25) is 0 Å². The van der Waals surface area contributed by atoms with Gasteiger partial charge in [-0.15, -0.1) is 11.3 Å². The molecule has 1 atom stereocenters. The first kappa shape index (κ1) is 15.4. The van der Waals surface area contributed by atoms with Crippen LogP contribution in [-0.4, -0.2) is 48.6 Å². The van der Waals surface area contributed by atoms with Crippen molar-refractivity contribution in [1.29, 1.82) is 0 Å². The van der Waals surface area contributed by atoms with Gasteiger partial charge in [0.15, 0.2) is 0 Å². The van der Waals surface area contributed by atoms with Gasteiger partial charge in [-0.05, 0) is 44.1 Å². The number of aliphatic carboxylic acids is 1. The van der Waals surface area contributed by atoms with E-state index in [1.54, 1.807) is 11.4 Å². The zero-order chi connectivity index (χ0) is 14.4. The highest BCUT2D eigenvalue weighted by Gasteiger charge is 2.13. The van der Waals surface area contributed by atoms with Crippen LogP contribution in [0.25, 0.3) is 6.08 Å². The highest BCUT2D eigenvalue weighted by atomic mass is 32.1. The molecule has 2 N–H and O–H groups in total. The van der Waals surface area contributed by atoms with Crippen LogP contribution in [0.15, 0.2) is 17.5 Å². The first-order valence-corrected chi connectivity index (χ1v) is 6.73. The molecule has 1 amide bonds. The molecular weight excluding hydrogens is 264 g/mol. The number of hydrogen-bond acceptors (Lipinski definition) is 4. The number of carboxylic acid groups (broad SMARTS) is 1. The van der Waals surface area contributed by atoms with Crippen molar-refractivity contribution < 1.29 is 14.7 Å². The van der Waals surface area contributed by atoms with Gasteiger partial charge >= 0.3 is 5.97 Å². The van der Waals surface area contributed by atoms with Gasteiger partial charge in [-0.3, -0.25) is 4.79 Å². The summed E-state index contributed by atoms with van der Waals surface area (Å²) in [6.07, 6.45) is 2.46. The first-order chi connectivity index (χ1) is 8.91. The third-order valence-corrected chi connectivity index (χ3v) is 3.68. The molecule has 0 bridgehead atoms. The number of carbonyl (C=O) groups excluding carboxylic acids is 1. The zero-order valence-corrected chi connectivity index (χ0v) is 12.0. The lowest BCUT2D eigenvalue weighted by Gasteiger charge is -2.19. The van der Waals surface area contributed by atoms with E-state index in [-0.39, 0.29) is 11.9 Å². The van der Waals surface area contributed by atoms with Crippen LogP contribution >= 0.6 is 11.3 Å². The minimum atomic E-state index is -1.03. The van der Waals surface area contributed by atoms with Crippen molar-refractivity contribution in [2.75, 3.05) is 20.6 Å². The fraction of sp³-hybridized carbons (Fsp3) is 0.385. The van der Waals surface area contributed by atoms with Gasteiger partial charge in [-0.1, -0.05) is 0 Å². The highest BCUT2D eigenvalue weighted by Crippen LogP contribution is 2.18. The first-order valence-electron chi connectivity index (χ1n) is 5.85. The molecule has 0 spiro atoms. The number of thiophene rings is 1. The number of nitrogens with one attached hydrogen (secondary N) is 1. The molecule has 1 aromatic heterocycles. The normalized spacial score (nSPS) is 12.8. The third kappa shape index (κ3) is 4.84. The number of carbonyl (C=O) groups is 2. The maximum Gasteiger partial charge on any atom is 0.328 e. The number of nitrogens with zero attached hydrogens (tertiary/aromatic N) is 1. The van der Waals surface area contributed by atoms with Crippen molar-refractivity contribution in [2.45, 2.75) is 13.0 Å². The molecule has 104 valence electrons. The van der Waals surface area contributed by atoms with E-state index < -0.39 is 5.97 Å². The Kier molecular flexibility index (Phi) is 5.72. The summed E-state index contributed by atoms with van der Waals surface area (Å²) in [5, 5.41) is 13.2. The zero-order valence-electron chi connectivity index (χ0n) is 11.2. The average molecular weight is 282 g/mol. The topological polar surface area (TPSA) is 69.6 Å². The lowest BCUT2D eigenvalue weighted by Crippen LogP contribution is -2.38. The van der Waals surface area contributed by atoms with Crippen molar-refractivity contribution in [1.82, 2.24) is 10.2 Å². The standard InChI is InChI=1S/C13H18N2O3S/c1-9(15(2)3)8-14-13(18)12-10(6-7-19-12)4-5-11(16)17/h4-7,9H,8H2,1-3H3,(H,14,18)(H,16,17). The molecule has 6 heteroatoms. The second kappa shape index (κ2) is 7.06. The predicted molar refractivity (Wildman–Crippen MR) is 76.5 cm³/mol. The van der Waals surface area contributed by atoms with Crippen molar-refractivity contribution in [3.05, 3.63) is 28.0 Å². The maximum atomic E-state index is 12.0. The Labute approximate surface area is 116 Å². The van der Waals surface area contributed by atoms with Crippen molar-refractivity contribution >= 4 is 29.3 Å². The molecule has 0 aliphatic carbocycles. The van der Waals surface area contributed by atoms with Crippen LogP contribution < -0.4 is 5.32 Å². The van der Waals surface area contributed by atoms with Gasteiger partial charge in [0.05, 0.1) is 4.88 Å². The number of carboxylic acids is 1. The van der Waals surface area contributed by atoms with E-state index in [9.17, 15) is 9.59 Å². The Morgan fingerprint density at radius 2 is 2.21 bits per heavy atom. The second-order valence-electron chi connectivity index (χ2n) is 4.40. The Bertz CT molecular complexity index is 480. The number of rotatable bonds is 6. The van der Waals surface area contributed by atoms with Gasteiger partial charge in [-0.2, -0.15) is 0 Å². The molecule has 0 fully saturated rings. The van der Waals surface area contributed by atoms with E-state index in [2.05, 4.69) is 5.32 Å². The van der Waals surface area contributed by atoms with Crippen LogP contribution in [0, 0.1) is 0 Å². The summed E-state index contributed by atoms with van der Waals surface area (Å²) in [5.41, 5.74) is 0.627. The summed E-state index contributed by atoms with van der Waals surface area (Å²) in [6.45, 7) is 2.56. The fourth-order valence-corrected chi connectivity index (χ4v) is 2.10. The predicted octanol–water partition coefficient (Wildman–Crippen LogP) is 1.53. The molecule has 19 heavy (non-hydrogen) atoms. The van der Waals surface area contributed by atoms with E-state index in [0.717, 1.165) is 6.08 Å².